The fourth-order valence-electron chi connectivity index (χ4n) is 0.287. The van der Waals surface area contributed by atoms with Gasteiger partial charge in [0.1, 0.15) is 0 Å². The van der Waals surface area contributed by atoms with Crippen LogP contribution in [-0.4, -0.2) is 64.9 Å². The number of carbonyl (C=O) groups excluding carboxylic acids is 2. The smallest absolute Gasteiger partial charge is 0.302 e. The number of hydrogen-bond donors (Lipinski definition) is 0. The van der Waals surface area contributed by atoms with Gasteiger partial charge in [0.25, 0.3) is 0 Å². The predicted octanol–water partition coefficient (Wildman–Crippen LogP) is 9.36. The largest absolute Gasteiger partial charge is 0.491 e. The minimum Gasteiger partial charge on any atom is -0.491 e. The second-order valence-electron chi connectivity index (χ2n) is 3.98. The normalized spacial score (nSPS) is 6.94. The topological polar surface area (TPSA) is 65.0 Å². The van der Waals surface area contributed by atoms with E-state index < -0.39 is 0 Å². The number of esters is 1. The number of thioether (sulfide) groups is 3. The molecule has 33 heavy (non-hydrogen) atoms. The highest BCUT2D eigenvalue weighted by atomic mass is 32.2. The van der Waals surface area contributed by atoms with Crippen molar-refractivity contribution < 1.29 is 19.1 Å². The number of hydrogen-bond acceptors (Lipinski definition) is 10. The minimum absolute atomic E-state index is 0. The third-order valence-electron chi connectivity index (χ3n) is 1.83. The van der Waals surface area contributed by atoms with Gasteiger partial charge in [-0.15, -0.1) is 23.5 Å². The van der Waals surface area contributed by atoms with E-state index in [0.717, 1.165) is 10.7 Å². The molecule has 10 heteroatoms. The molecule has 0 rings (SSSR count). The van der Waals surface area contributed by atoms with E-state index in [0.29, 0.717) is 5.05 Å². The fourth-order valence-corrected chi connectivity index (χ4v) is 0.545. The second kappa shape index (κ2) is 63.5. The first kappa shape index (κ1) is 69.8. The Hall–Kier alpha value is -0.160. The molecule has 0 spiro atoms. The van der Waals surface area contributed by atoms with Gasteiger partial charge in [0.05, 0.1) is 19.3 Å². The highest BCUT2D eigenvalue weighted by Crippen LogP contribution is 1.94. The van der Waals surface area contributed by atoms with Crippen LogP contribution in [0.25, 0.3) is 0 Å². The van der Waals surface area contributed by atoms with Crippen LogP contribution in [0.5, 0.6) is 0 Å². The van der Waals surface area contributed by atoms with Gasteiger partial charge in [0.2, 0.25) is 0 Å². The molecular weight excluding hydrogens is 515 g/mol. The number of aliphatic imine (C=N–C) groups is 1. The lowest BCUT2D eigenvalue weighted by Gasteiger charge is -1.87. The van der Waals surface area contributed by atoms with Gasteiger partial charge in [0, 0.05) is 31.5 Å². The number of methoxy groups -OCH3 is 2. The van der Waals surface area contributed by atoms with Gasteiger partial charge in [-0.3, -0.25) is 14.6 Å². The third kappa shape index (κ3) is 172. The summed E-state index contributed by atoms with van der Waals surface area (Å²) in [5.74, 6) is -0.245. The van der Waals surface area contributed by atoms with Gasteiger partial charge in [-0.05, 0) is 51.8 Å². The first-order valence-corrected chi connectivity index (χ1v) is 12.1. The van der Waals surface area contributed by atoms with Crippen molar-refractivity contribution in [3.63, 3.8) is 0 Å². The Kier molecular flexibility index (Phi) is 134. The van der Waals surface area contributed by atoms with E-state index in [1.807, 2.05) is 33.3 Å². The molecule has 0 aromatic carbocycles. The van der Waals surface area contributed by atoms with Crippen LogP contribution < -0.4 is 0 Å². The molecule has 0 heterocycles. The van der Waals surface area contributed by atoms with E-state index in [1.54, 1.807) is 50.7 Å². The Balaban J connectivity index is -0.0000000196. The van der Waals surface area contributed by atoms with Gasteiger partial charge in [-0.25, -0.2) is 0 Å². The molecule has 0 aromatic rings. The lowest BCUT2D eigenvalue weighted by molar-refractivity contribution is -0.137. The first-order chi connectivity index (χ1) is 12.4. The van der Waals surface area contributed by atoms with Crippen LogP contribution in [-0.2, 0) is 19.1 Å². The molecule has 210 valence electrons. The molecular formula is C23H59NO4S5. The number of ether oxygens (including phenoxy) is 2. The molecule has 0 saturated heterocycles. The van der Waals surface area contributed by atoms with Crippen LogP contribution in [0.2, 0.25) is 0 Å². The molecule has 0 amide bonds. The summed E-state index contributed by atoms with van der Waals surface area (Å²) in [6, 6.07) is 0. The summed E-state index contributed by atoms with van der Waals surface area (Å²) in [5, 5.41) is 1.93. The summed E-state index contributed by atoms with van der Waals surface area (Å²) >= 11 is 13.7. The zero-order valence-electron chi connectivity index (χ0n) is 18.3. The van der Waals surface area contributed by atoms with Crippen LogP contribution in [0.15, 0.2) is 4.99 Å². The third-order valence-corrected chi connectivity index (χ3v) is 4.36. The average molecular weight is 574 g/mol. The number of thiocarbonyl (C=S) groups is 2. The summed E-state index contributed by atoms with van der Waals surface area (Å²) in [6.07, 6.45) is 5.78. The lowest BCUT2D eigenvalue weighted by Crippen LogP contribution is -1.88. The Labute approximate surface area is 233 Å². The SMILES string of the molecule is C.C.C.C.C.C.CCN=C(C)SC.COC(C)=O.COC(C)=S.CSC(C)=O.CSC(C)=S. The second-order valence-corrected chi connectivity index (χ2v) is 8.43. The van der Waals surface area contributed by atoms with Crippen LogP contribution in [0.3, 0.4) is 0 Å². The summed E-state index contributed by atoms with van der Waals surface area (Å²) in [6.45, 7) is 11.5. The van der Waals surface area contributed by atoms with Crippen molar-refractivity contribution in [2.24, 2.45) is 4.99 Å². The van der Waals surface area contributed by atoms with E-state index in [-0.39, 0.29) is 55.6 Å². The van der Waals surface area contributed by atoms with E-state index >= 15 is 0 Å². The molecule has 0 saturated carbocycles. The van der Waals surface area contributed by atoms with Gasteiger partial charge in [-0.1, -0.05) is 68.5 Å². The molecule has 0 aliphatic heterocycles. The Morgan fingerprint density at radius 2 is 0.970 bits per heavy atom. The molecule has 0 bridgehead atoms. The molecule has 0 N–H and O–H groups in total. The molecule has 5 nitrogen and oxygen atoms in total. The zero-order valence-corrected chi connectivity index (χ0v) is 22.4. The lowest BCUT2D eigenvalue weighted by atomic mass is 10.7. The van der Waals surface area contributed by atoms with Gasteiger partial charge in [0.15, 0.2) is 10.2 Å². The van der Waals surface area contributed by atoms with E-state index in [9.17, 15) is 9.59 Å². The maximum absolute atomic E-state index is 9.78. The Morgan fingerprint density at radius 3 is 1.00 bits per heavy atom. The summed E-state index contributed by atoms with van der Waals surface area (Å²) in [5.41, 5.74) is 0. The highest BCUT2D eigenvalue weighted by molar-refractivity contribution is 8.22. The van der Waals surface area contributed by atoms with Crippen LogP contribution >= 0.6 is 59.7 Å². The quantitative estimate of drug-likeness (QED) is 0.132. The first-order valence-electron chi connectivity index (χ1n) is 7.63. The van der Waals surface area contributed by atoms with Crippen molar-refractivity contribution in [3.8, 4) is 0 Å². The van der Waals surface area contributed by atoms with Crippen LogP contribution in [0.1, 0.15) is 86.1 Å². The van der Waals surface area contributed by atoms with Gasteiger partial charge < -0.3 is 9.47 Å². The summed E-state index contributed by atoms with van der Waals surface area (Å²) < 4.78 is 9.60. The van der Waals surface area contributed by atoms with Crippen molar-refractivity contribution in [1.29, 1.82) is 0 Å². The molecule has 0 unspecified atom stereocenters. The van der Waals surface area contributed by atoms with Crippen LogP contribution in [0, 0.1) is 0 Å². The minimum atomic E-state index is -0.245. The monoisotopic (exact) mass is 573 g/mol. The maximum Gasteiger partial charge on any atom is 0.302 e. The molecule has 0 aromatic heterocycles. The standard InChI is InChI=1S/C5H11NS.C3H6O2.2C3H6OS.C3H6S2.6CH4/c1-4-6-5(2)7-3;2*1-3(4)5-2;1-3(5)4-2;1-3(4)5-2;;;;;;/h4H2,1-3H3;4*1-2H3;6*1H4. The molecule has 0 atom stereocenters. The fraction of sp³-hybridized carbons (Fsp3) is 0.783. The van der Waals surface area contributed by atoms with E-state index in [1.165, 1.54) is 30.8 Å². The molecule has 0 aliphatic rings. The van der Waals surface area contributed by atoms with Gasteiger partial charge >= 0.3 is 5.97 Å². The maximum atomic E-state index is 9.78. The van der Waals surface area contributed by atoms with Gasteiger partial charge in [-0.2, -0.15) is 0 Å². The number of nitrogens with zero attached hydrogens (tertiary/aromatic N) is 1. The van der Waals surface area contributed by atoms with Crippen molar-refractivity contribution in [3.05, 3.63) is 0 Å². The molecule has 0 radical (unpaired) electrons. The van der Waals surface area contributed by atoms with E-state index in [4.69, 9.17) is 0 Å². The molecule has 0 fully saturated rings. The van der Waals surface area contributed by atoms with Crippen molar-refractivity contribution in [2.75, 3.05) is 39.5 Å². The zero-order chi connectivity index (χ0) is 22.8. The Bertz CT molecular complexity index is 364. The Morgan fingerprint density at radius 1 is 0.727 bits per heavy atom. The van der Waals surface area contributed by atoms with Crippen molar-refractivity contribution in [2.45, 2.75) is 86.1 Å². The van der Waals surface area contributed by atoms with Crippen molar-refractivity contribution in [1.82, 2.24) is 0 Å². The number of carbonyl (C=O) groups is 2. The summed E-state index contributed by atoms with van der Waals surface area (Å²) in [4.78, 5) is 23.5. The van der Waals surface area contributed by atoms with Crippen molar-refractivity contribution >= 4 is 85.1 Å². The predicted molar refractivity (Wildman–Crippen MR) is 177 cm³/mol. The van der Waals surface area contributed by atoms with E-state index in [2.05, 4.69) is 38.9 Å². The number of rotatable bonds is 1. The summed E-state index contributed by atoms with van der Waals surface area (Å²) in [7, 11) is 2.91. The van der Waals surface area contributed by atoms with Crippen LogP contribution in [0.4, 0.5) is 0 Å². The highest BCUT2D eigenvalue weighted by Gasteiger charge is 1.79. The average Bonchev–Trinajstić information content (AvgIpc) is 2.63. The molecule has 0 aliphatic carbocycles.